The summed E-state index contributed by atoms with van der Waals surface area (Å²) in [6.07, 6.45) is 4.02. The fraction of sp³-hybridized carbons (Fsp3) is 0.438. The maximum atomic E-state index is 5.42. The number of aromatic nitrogens is 2. The lowest BCUT2D eigenvalue weighted by molar-refractivity contribution is 0.396. The van der Waals surface area contributed by atoms with E-state index in [1.807, 2.05) is 29.1 Å². The molecule has 0 radical (unpaired) electrons. The largest absolute Gasteiger partial charge is 0.496 e. The molecule has 0 saturated heterocycles. The highest BCUT2D eigenvalue weighted by Crippen LogP contribution is 2.26. The van der Waals surface area contributed by atoms with Crippen molar-refractivity contribution < 1.29 is 4.74 Å². The first-order chi connectivity index (χ1) is 9.65. The molecular formula is C16H23N3O. The lowest BCUT2D eigenvalue weighted by Gasteiger charge is -2.21. The SMILES string of the molecule is CCn1cc(C(C)N[C@@H](C)c2ccccc2OC)cn1. The summed E-state index contributed by atoms with van der Waals surface area (Å²) in [6.45, 7) is 7.29. The second-order valence-electron chi connectivity index (χ2n) is 4.98. The average molecular weight is 273 g/mol. The number of para-hydroxylation sites is 1. The first-order valence-corrected chi connectivity index (χ1v) is 7.07. The van der Waals surface area contributed by atoms with Crippen LogP contribution in [-0.4, -0.2) is 16.9 Å². The van der Waals surface area contributed by atoms with Crippen LogP contribution in [0.5, 0.6) is 5.75 Å². The first kappa shape index (κ1) is 14.6. The van der Waals surface area contributed by atoms with Crippen molar-refractivity contribution in [2.45, 2.75) is 39.4 Å². The van der Waals surface area contributed by atoms with Gasteiger partial charge in [-0.15, -0.1) is 0 Å². The number of hydrogen-bond donors (Lipinski definition) is 1. The molecule has 1 heterocycles. The first-order valence-electron chi connectivity index (χ1n) is 7.07. The normalized spacial score (nSPS) is 14.0. The van der Waals surface area contributed by atoms with Gasteiger partial charge in [0.05, 0.1) is 13.3 Å². The number of nitrogens with zero attached hydrogens (tertiary/aromatic N) is 2. The molecule has 1 aromatic heterocycles. The van der Waals surface area contributed by atoms with Crippen molar-refractivity contribution in [3.8, 4) is 5.75 Å². The molecule has 4 heteroatoms. The highest BCUT2D eigenvalue weighted by molar-refractivity contribution is 5.35. The van der Waals surface area contributed by atoms with Crippen LogP contribution < -0.4 is 10.1 Å². The fourth-order valence-electron chi connectivity index (χ4n) is 2.36. The molecule has 2 rings (SSSR count). The Kier molecular flexibility index (Phi) is 4.79. The predicted octanol–water partition coefficient (Wildman–Crippen LogP) is 3.32. The Labute approximate surface area is 120 Å². The van der Waals surface area contributed by atoms with Crippen LogP contribution in [0.1, 0.15) is 44.0 Å². The van der Waals surface area contributed by atoms with Crippen LogP contribution in [0.4, 0.5) is 0 Å². The van der Waals surface area contributed by atoms with E-state index >= 15 is 0 Å². The number of rotatable bonds is 6. The lowest BCUT2D eigenvalue weighted by atomic mass is 10.1. The van der Waals surface area contributed by atoms with Crippen LogP contribution in [-0.2, 0) is 6.54 Å². The molecule has 1 unspecified atom stereocenters. The van der Waals surface area contributed by atoms with Crippen LogP contribution in [0.15, 0.2) is 36.7 Å². The van der Waals surface area contributed by atoms with Crippen molar-refractivity contribution in [2.24, 2.45) is 0 Å². The molecule has 0 spiro atoms. The molecule has 108 valence electrons. The fourth-order valence-corrected chi connectivity index (χ4v) is 2.36. The van der Waals surface area contributed by atoms with Crippen molar-refractivity contribution in [1.29, 1.82) is 0 Å². The van der Waals surface area contributed by atoms with Crippen LogP contribution >= 0.6 is 0 Å². The minimum Gasteiger partial charge on any atom is -0.496 e. The Balaban J connectivity index is 2.08. The maximum absolute atomic E-state index is 5.42. The Bertz CT molecular complexity index is 550. The molecule has 0 amide bonds. The van der Waals surface area contributed by atoms with Gasteiger partial charge in [0.15, 0.2) is 0 Å². The number of nitrogens with one attached hydrogen (secondary N) is 1. The van der Waals surface area contributed by atoms with E-state index in [4.69, 9.17) is 4.74 Å². The van der Waals surface area contributed by atoms with Gasteiger partial charge >= 0.3 is 0 Å². The second-order valence-corrected chi connectivity index (χ2v) is 4.98. The molecule has 0 aliphatic carbocycles. The Morgan fingerprint density at radius 1 is 1.25 bits per heavy atom. The molecule has 2 atom stereocenters. The smallest absolute Gasteiger partial charge is 0.123 e. The number of hydrogen-bond acceptors (Lipinski definition) is 3. The summed E-state index contributed by atoms with van der Waals surface area (Å²) in [6, 6.07) is 8.58. The van der Waals surface area contributed by atoms with Gasteiger partial charge in [-0.05, 0) is 26.8 Å². The van der Waals surface area contributed by atoms with E-state index in [-0.39, 0.29) is 12.1 Å². The van der Waals surface area contributed by atoms with Crippen LogP contribution in [0.2, 0.25) is 0 Å². The van der Waals surface area contributed by atoms with Gasteiger partial charge in [0.25, 0.3) is 0 Å². The summed E-state index contributed by atoms with van der Waals surface area (Å²) in [7, 11) is 1.71. The Morgan fingerprint density at radius 2 is 2.00 bits per heavy atom. The van der Waals surface area contributed by atoms with E-state index in [1.54, 1.807) is 7.11 Å². The lowest BCUT2D eigenvalue weighted by Crippen LogP contribution is -2.22. The molecule has 0 saturated carbocycles. The topological polar surface area (TPSA) is 39.1 Å². The summed E-state index contributed by atoms with van der Waals surface area (Å²) in [5, 5.41) is 7.91. The molecule has 2 aromatic rings. The number of benzene rings is 1. The van der Waals surface area contributed by atoms with Gasteiger partial charge in [0, 0.05) is 36.0 Å². The number of methoxy groups -OCH3 is 1. The highest BCUT2D eigenvalue weighted by atomic mass is 16.5. The zero-order valence-electron chi connectivity index (χ0n) is 12.6. The van der Waals surface area contributed by atoms with Crippen molar-refractivity contribution in [3.05, 3.63) is 47.8 Å². The van der Waals surface area contributed by atoms with Crippen LogP contribution in [0.3, 0.4) is 0 Å². The van der Waals surface area contributed by atoms with E-state index in [0.717, 1.165) is 12.3 Å². The predicted molar refractivity (Wildman–Crippen MR) is 80.9 cm³/mol. The summed E-state index contributed by atoms with van der Waals surface area (Å²) in [5.41, 5.74) is 2.37. The van der Waals surface area contributed by atoms with E-state index < -0.39 is 0 Å². The molecule has 1 N–H and O–H groups in total. The van der Waals surface area contributed by atoms with E-state index in [9.17, 15) is 0 Å². The van der Waals surface area contributed by atoms with Gasteiger partial charge in [-0.3, -0.25) is 4.68 Å². The van der Waals surface area contributed by atoms with Crippen LogP contribution in [0.25, 0.3) is 0 Å². The minimum atomic E-state index is 0.214. The number of ether oxygens (including phenoxy) is 1. The summed E-state index contributed by atoms with van der Waals surface area (Å²) in [4.78, 5) is 0. The molecule has 1 aromatic carbocycles. The average Bonchev–Trinajstić information content (AvgIpc) is 2.96. The minimum absolute atomic E-state index is 0.214. The van der Waals surface area contributed by atoms with Crippen molar-refractivity contribution in [2.75, 3.05) is 7.11 Å². The zero-order chi connectivity index (χ0) is 14.5. The zero-order valence-corrected chi connectivity index (χ0v) is 12.6. The molecular weight excluding hydrogens is 250 g/mol. The maximum Gasteiger partial charge on any atom is 0.123 e. The van der Waals surface area contributed by atoms with Crippen molar-refractivity contribution in [1.82, 2.24) is 15.1 Å². The van der Waals surface area contributed by atoms with E-state index in [0.29, 0.717) is 0 Å². The molecule has 4 nitrogen and oxygen atoms in total. The molecule has 0 aliphatic heterocycles. The Hall–Kier alpha value is -1.81. The van der Waals surface area contributed by atoms with E-state index in [2.05, 4.69) is 43.4 Å². The summed E-state index contributed by atoms with van der Waals surface area (Å²) >= 11 is 0. The third-order valence-electron chi connectivity index (χ3n) is 3.58. The van der Waals surface area contributed by atoms with Gasteiger partial charge in [-0.2, -0.15) is 5.10 Å². The quantitative estimate of drug-likeness (QED) is 0.877. The molecule has 0 fully saturated rings. The molecule has 0 bridgehead atoms. The van der Waals surface area contributed by atoms with Gasteiger partial charge in [-0.1, -0.05) is 18.2 Å². The summed E-state index contributed by atoms with van der Waals surface area (Å²) in [5.74, 6) is 0.920. The van der Waals surface area contributed by atoms with Crippen LogP contribution in [0, 0.1) is 0 Å². The monoisotopic (exact) mass is 273 g/mol. The highest BCUT2D eigenvalue weighted by Gasteiger charge is 2.15. The molecule has 20 heavy (non-hydrogen) atoms. The van der Waals surface area contributed by atoms with Gasteiger partial charge in [-0.25, -0.2) is 0 Å². The van der Waals surface area contributed by atoms with Gasteiger partial charge in [0.1, 0.15) is 5.75 Å². The van der Waals surface area contributed by atoms with Crippen molar-refractivity contribution in [3.63, 3.8) is 0 Å². The van der Waals surface area contributed by atoms with Gasteiger partial charge < -0.3 is 10.1 Å². The molecule has 0 aliphatic rings. The van der Waals surface area contributed by atoms with Crippen molar-refractivity contribution >= 4 is 0 Å². The summed E-state index contributed by atoms with van der Waals surface area (Å²) < 4.78 is 7.36. The van der Waals surface area contributed by atoms with E-state index in [1.165, 1.54) is 11.1 Å². The standard InChI is InChI=1S/C16H23N3O/c1-5-19-11-14(10-17-19)12(2)18-13(3)15-8-6-7-9-16(15)20-4/h6-13,18H,5H2,1-4H3/t12?,13-/m0/s1. The Morgan fingerprint density at radius 3 is 2.65 bits per heavy atom. The third-order valence-corrected chi connectivity index (χ3v) is 3.58. The van der Waals surface area contributed by atoms with Gasteiger partial charge in [0.2, 0.25) is 0 Å². The third kappa shape index (κ3) is 3.20. The number of aryl methyl sites for hydroxylation is 1. The second kappa shape index (κ2) is 6.57.